The summed E-state index contributed by atoms with van der Waals surface area (Å²) in [5, 5.41) is 4.46. The fourth-order valence-corrected chi connectivity index (χ4v) is 3.12. The molecule has 2 aromatic rings. The molecule has 2 fully saturated rings. The van der Waals surface area contributed by atoms with Crippen LogP contribution in [-0.2, 0) is 4.74 Å². The van der Waals surface area contributed by atoms with Crippen LogP contribution < -0.4 is 5.73 Å². The van der Waals surface area contributed by atoms with Crippen molar-refractivity contribution in [2.75, 3.05) is 12.8 Å². The molecule has 2 heterocycles. The zero-order chi connectivity index (χ0) is 14.6. The third kappa shape index (κ3) is 2.01. The van der Waals surface area contributed by atoms with Gasteiger partial charge in [-0.1, -0.05) is 12.2 Å². The zero-order valence-electron chi connectivity index (χ0n) is 12.1. The average molecular weight is 285 g/mol. The van der Waals surface area contributed by atoms with E-state index in [1.807, 2.05) is 10.9 Å². The van der Waals surface area contributed by atoms with Gasteiger partial charge in [0, 0.05) is 25.6 Å². The summed E-state index contributed by atoms with van der Waals surface area (Å²) in [6.07, 6.45) is 6.16. The smallest absolute Gasteiger partial charge is 0.179 e. The molecule has 2 atom stereocenters. The first-order valence-electron chi connectivity index (χ1n) is 7.38. The van der Waals surface area contributed by atoms with Crippen LogP contribution >= 0.6 is 0 Å². The lowest BCUT2D eigenvalue weighted by atomic mass is 10.2. The minimum Gasteiger partial charge on any atom is -0.381 e. The van der Waals surface area contributed by atoms with E-state index in [-0.39, 0.29) is 12.1 Å². The molecule has 0 spiro atoms. The topological polar surface area (TPSA) is 78.9 Å². The Balaban J connectivity index is 1.80. The number of fused-ring (bicyclic) bond motifs is 1. The predicted molar refractivity (Wildman–Crippen MR) is 79.9 cm³/mol. The van der Waals surface area contributed by atoms with Gasteiger partial charge in [0.05, 0.1) is 17.8 Å². The Hall–Kier alpha value is -1.95. The Morgan fingerprint density at radius 1 is 1.43 bits per heavy atom. The zero-order valence-corrected chi connectivity index (χ0v) is 12.1. The van der Waals surface area contributed by atoms with E-state index in [2.05, 4.69) is 16.7 Å². The molecule has 0 saturated heterocycles. The molecule has 110 valence electrons. The van der Waals surface area contributed by atoms with Crippen molar-refractivity contribution in [1.82, 2.24) is 19.7 Å². The molecule has 2 aliphatic rings. The van der Waals surface area contributed by atoms with Gasteiger partial charge in [0.25, 0.3) is 0 Å². The van der Waals surface area contributed by atoms with Crippen LogP contribution in [0.1, 0.15) is 43.3 Å². The van der Waals surface area contributed by atoms with Gasteiger partial charge in [0.15, 0.2) is 17.0 Å². The molecule has 2 aliphatic carbocycles. The molecule has 21 heavy (non-hydrogen) atoms. The predicted octanol–water partition coefficient (Wildman–Crippen LogP) is 2.19. The van der Waals surface area contributed by atoms with Crippen LogP contribution in [0.2, 0.25) is 0 Å². The van der Waals surface area contributed by atoms with Crippen molar-refractivity contribution in [2.24, 2.45) is 0 Å². The molecule has 0 aliphatic heterocycles. The van der Waals surface area contributed by atoms with Crippen molar-refractivity contribution in [3.63, 3.8) is 0 Å². The maximum absolute atomic E-state index is 6.00. The van der Waals surface area contributed by atoms with Crippen molar-refractivity contribution >= 4 is 17.0 Å². The van der Waals surface area contributed by atoms with Crippen LogP contribution in [0.15, 0.2) is 18.3 Å². The van der Waals surface area contributed by atoms with Crippen molar-refractivity contribution in [3.05, 3.63) is 24.0 Å². The fraction of sp³-hybridized carbons (Fsp3) is 0.533. The number of aromatic nitrogens is 4. The number of nitrogen functional groups attached to an aromatic ring is 1. The van der Waals surface area contributed by atoms with Crippen molar-refractivity contribution < 1.29 is 4.74 Å². The maximum atomic E-state index is 6.00. The van der Waals surface area contributed by atoms with Crippen molar-refractivity contribution in [1.29, 1.82) is 0 Å². The SMILES string of the molecule is C=C1CC(OC)C[C@@H]1n1nc(N)c2ncc(C3CC3)nc21. The van der Waals surface area contributed by atoms with E-state index >= 15 is 0 Å². The molecule has 6 nitrogen and oxygen atoms in total. The first-order valence-corrected chi connectivity index (χ1v) is 7.38. The Bertz CT molecular complexity index is 718. The highest BCUT2D eigenvalue weighted by Gasteiger charge is 2.33. The number of nitrogens with zero attached hydrogens (tertiary/aromatic N) is 4. The summed E-state index contributed by atoms with van der Waals surface area (Å²) in [4.78, 5) is 9.23. The van der Waals surface area contributed by atoms with Gasteiger partial charge in [0.2, 0.25) is 0 Å². The number of hydrogen-bond donors (Lipinski definition) is 1. The van der Waals surface area contributed by atoms with Crippen molar-refractivity contribution in [2.45, 2.75) is 43.7 Å². The second-order valence-corrected chi connectivity index (χ2v) is 6.04. The average Bonchev–Trinajstić information content (AvgIpc) is 3.20. The van der Waals surface area contributed by atoms with Crippen LogP contribution in [0.3, 0.4) is 0 Å². The highest BCUT2D eigenvalue weighted by molar-refractivity contribution is 5.82. The largest absolute Gasteiger partial charge is 0.381 e. The highest BCUT2D eigenvalue weighted by atomic mass is 16.5. The first-order chi connectivity index (χ1) is 10.2. The molecular weight excluding hydrogens is 266 g/mol. The molecule has 2 aromatic heterocycles. The standard InChI is InChI=1S/C15H19N5O/c1-8-5-10(21-2)6-12(8)20-15-13(14(16)19-20)17-7-11(18-15)9-3-4-9/h7,9-10,12H,1,3-6H2,2H3,(H2,16,19)/t10?,12-/m0/s1. The van der Waals surface area contributed by atoms with Gasteiger partial charge in [-0.15, -0.1) is 0 Å². The summed E-state index contributed by atoms with van der Waals surface area (Å²) >= 11 is 0. The number of nitrogens with two attached hydrogens (primary N) is 1. The normalized spacial score (nSPS) is 25.9. The minimum atomic E-state index is 0.0958. The molecule has 2 N–H and O–H groups in total. The van der Waals surface area contributed by atoms with Crippen LogP contribution in [0.5, 0.6) is 0 Å². The van der Waals surface area contributed by atoms with E-state index in [1.165, 1.54) is 12.8 Å². The van der Waals surface area contributed by atoms with Crippen LogP contribution in [0.4, 0.5) is 5.82 Å². The summed E-state index contributed by atoms with van der Waals surface area (Å²) in [6.45, 7) is 4.17. The van der Waals surface area contributed by atoms with Gasteiger partial charge in [-0.05, 0) is 19.3 Å². The van der Waals surface area contributed by atoms with Gasteiger partial charge in [-0.25, -0.2) is 14.6 Å². The number of ether oxygens (including phenoxy) is 1. The molecule has 6 heteroatoms. The van der Waals surface area contributed by atoms with Crippen LogP contribution in [0.25, 0.3) is 11.2 Å². The lowest BCUT2D eigenvalue weighted by molar-refractivity contribution is 0.106. The molecule has 4 rings (SSSR count). The van der Waals surface area contributed by atoms with Crippen molar-refractivity contribution in [3.8, 4) is 0 Å². The summed E-state index contributed by atoms with van der Waals surface area (Å²) in [6, 6.07) is 0.0958. The third-order valence-corrected chi connectivity index (χ3v) is 4.52. The highest BCUT2D eigenvalue weighted by Crippen LogP contribution is 2.41. The lowest BCUT2D eigenvalue weighted by Gasteiger charge is -2.13. The van der Waals surface area contributed by atoms with Crippen LogP contribution in [0, 0.1) is 0 Å². The quantitative estimate of drug-likeness (QED) is 0.874. The minimum absolute atomic E-state index is 0.0958. The number of hydrogen-bond acceptors (Lipinski definition) is 5. The molecule has 2 saturated carbocycles. The summed E-state index contributed by atoms with van der Waals surface area (Å²) in [5.74, 6) is 0.999. The van der Waals surface area contributed by atoms with Gasteiger partial charge >= 0.3 is 0 Å². The second kappa shape index (κ2) is 4.53. The van der Waals surface area contributed by atoms with Gasteiger partial charge < -0.3 is 10.5 Å². The maximum Gasteiger partial charge on any atom is 0.179 e. The van der Waals surface area contributed by atoms with Crippen LogP contribution in [-0.4, -0.2) is 33.0 Å². The van der Waals surface area contributed by atoms with E-state index in [4.69, 9.17) is 15.5 Å². The van der Waals surface area contributed by atoms with E-state index in [9.17, 15) is 0 Å². The number of anilines is 1. The molecular formula is C15H19N5O. The number of rotatable bonds is 3. The fourth-order valence-electron chi connectivity index (χ4n) is 3.12. The Morgan fingerprint density at radius 3 is 2.90 bits per heavy atom. The van der Waals surface area contributed by atoms with E-state index in [0.29, 0.717) is 17.3 Å². The second-order valence-electron chi connectivity index (χ2n) is 6.04. The Labute approximate surface area is 123 Å². The summed E-state index contributed by atoms with van der Waals surface area (Å²) < 4.78 is 7.35. The molecule has 0 aromatic carbocycles. The van der Waals surface area contributed by atoms with E-state index < -0.39 is 0 Å². The molecule has 0 bridgehead atoms. The van der Waals surface area contributed by atoms with Gasteiger partial charge in [-0.3, -0.25) is 0 Å². The van der Waals surface area contributed by atoms with E-state index in [0.717, 1.165) is 29.8 Å². The van der Waals surface area contributed by atoms with E-state index in [1.54, 1.807) is 7.11 Å². The first kappa shape index (κ1) is 12.8. The van der Waals surface area contributed by atoms with Gasteiger partial charge in [0.1, 0.15) is 0 Å². The molecule has 1 unspecified atom stereocenters. The summed E-state index contributed by atoms with van der Waals surface area (Å²) in [7, 11) is 1.74. The summed E-state index contributed by atoms with van der Waals surface area (Å²) in [5.41, 5.74) is 9.64. The lowest BCUT2D eigenvalue weighted by Crippen LogP contribution is -2.12. The Kier molecular flexibility index (Phi) is 2.75. The molecule has 0 amide bonds. The number of methoxy groups -OCH3 is 1. The molecule has 0 radical (unpaired) electrons. The third-order valence-electron chi connectivity index (χ3n) is 4.52. The monoisotopic (exact) mass is 285 g/mol. The Morgan fingerprint density at radius 2 is 2.24 bits per heavy atom. The van der Waals surface area contributed by atoms with Gasteiger partial charge in [-0.2, -0.15) is 5.10 Å².